The molecule has 1 fully saturated rings. The van der Waals surface area contributed by atoms with E-state index < -0.39 is 23.5 Å². The third-order valence-corrected chi connectivity index (χ3v) is 3.54. The van der Waals surface area contributed by atoms with Crippen molar-refractivity contribution in [2.75, 3.05) is 0 Å². The van der Waals surface area contributed by atoms with Crippen molar-refractivity contribution in [3.8, 4) is 0 Å². The second-order valence-corrected chi connectivity index (χ2v) is 4.92. The van der Waals surface area contributed by atoms with Crippen LogP contribution in [-0.4, -0.2) is 28.6 Å². The van der Waals surface area contributed by atoms with Gasteiger partial charge in [-0.15, -0.1) is 0 Å². The summed E-state index contributed by atoms with van der Waals surface area (Å²) in [6.45, 7) is 1.62. The molecule has 1 atom stereocenters. The van der Waals surface area contributed by atoms with Crippen molar-refractivity contribution >= 4 is 11.9 Å². The summed E-state index contributed by atoms with van der Waals surface area (Å²) in [4.78, 5) is 22.5. The van der Waals surface area contributed by atoms with Gasteiger partial charge in [-0.1, -0.05) is 32.1 Å². The minimum absolute atomic E-state index is 0.507. The van der Waals surface area contributed by atoms with Gasteiger partial charge in [0.2, 0.25) is 5.91 Å². The number of nitrogens with two attached hydrogens (primary N) is 1. The van der Waals surface area contributed by atoms with E-state index in [1.165, 1.54) is 6.42 Å². The van der Waals surface area contributed by atoms with Crippen LogP contribution in [0.1, 0.15) is 51.9 Å². The summed E-state index contributed by atoms with van der Waals surface area (Å²) in [5.74, 6) is -1.37. The van der Waals surface area contributed by atoms with Gasteiger partial charge in [-0.2, -0.15) is 0 Å². The van der Waals surface area contributed by atoms with Gasteiger partial charge in [0.05, 0.1) is 6.04 Å². The van der Waals surface area contributed by atoms with E-state index in [1.807, 2.05) is 0 Å². The van der Waals surface area contributed by atoms with E-state index in [4.69, 9.17) is 5.73 Å². The van der Waals surface area contributed by atoms with Crippen molar-refractivity contribution in [1.29, 1.82) is 0 Å². The molecule has 4 N–H and O–H groups in total. The Bertz CT molecular complexity index is 283. The summed E-state index contributed by atoms with van der Waals surface area (Å²) in [5.41, 5.74) is 4.21. The molecular formula is C12H22N2O3. The molecule has 0 saturated heterocycles. The second kappa shape index (κ2) is 6.00. The van der Waals surface area contributed by atoms with E-state index in [0.717, 1.165) is 25.7 Å². The third kappa shape index (κ3) is 3.70. The van der Waals surface area contributed by atoms with Gasteiger partial charge in [0.15, 0.2) is 0 Å². The van der Waals surface area contributed by atoms with Gasteiger partial charge >= 0.3 is 5.97 Å². The lowest BCUT2D eigenvalue weighted by molar-refractivity contribution is -0.146. The smallest absolute Gasteiger partial charge is 0.323 e. The summed E-state index contributed by atoms with van der Waals surface area (Å²) in [6.07, 6.45) is 6.18. The van der Waals surface area contributed by atoms with Crippen LogP contribution in [0.3, 0.4) is 0 Å². The van der Waals surface area contributed by atoms with Crippen molar-refractivity contribution in [2.24, 2.45) is 5.73 Å². The van der Waals surface area contributed by atoms with Crippen LogP contribution < -0.4 is 11.1 Å². The predicted molar refractivity (Wildman–Crippen MR) is 64.5 cm³/mol. The molecule has 98 valence electrons. The summed E-state index contributed by atoms with van der Waals surface area (Å²) >= 11 is 0. The molecule has 1 aliphatic carbocycles. The number of hydrogen-bond acceptors (Lipinski definition) is 3. The van der Waals surface area contributed by atoms with Crippen molar-refractivity contribution < 1.29 is 14.7 Å². The number of nitrogens with one attached hydrogen (secondary N) is 1. The van der Waals surface area contributed by atoms with Gasteiger partial charge in [0.25, 0.3) is 0 Å². The fourth-order valence-corrected chi connectivity index (χ4v) is 2.41. The van der Waals surface area contributed by atoms with Crippen molar-refractivity contribution in [3.63, 3.8) is 0 Å². The summed E-state index contributed by atoms with van der Waals surface area (Å²) in [5, 5.41) is 12.3. The number of carbonyl (C=O) groups is 2. The fraction of sp³-hybridized carbons (Fsp3) is 0.833. The maximum atomic E-state index is 11.5. The number of carbonyl (C=O) groups excluding carboxylic acids is 1. The first-order chi connectivity index (χ1) is 7.98. The molecule has 1 aliphatic rings. The highest BCUT2D eigenvalue weighted by atomic mass is 16.4. The molecule has 17 heavy (non-hydrogen) atoms. The lowest BCUT2D eigenvalue weighted by atomic mass is 9.83. The number of primary amides is 1. The normalized spacial score (nSPS) is 22.2. The molecule has 0 aromatic rings. The zero-order valence-corrected chi connectivity index (χ0v) is 10.4. The number of aliphatic carboxylic acids is 1. The fourth-order valence-electron chi connectivity index (χ4n) is 2.41. The Kier molecular flexibility index (Phi) is 4.93. The molecule has 1 rings (SSSR count). The van der Waals surface area contributed by atoms with Crippen LogP contribution in [0.2, 0.25) is 0 Å². The van der Waals surface area contributed by atoms with Crippen LogP contribution in [0, 0.1) is 0 Å². The largest absolute Gasteiger partial charge is 0.480 e. The Hall–Kier alpha value is -1.10. The highest BCUT2D eigenvalue weighted by Gasteiger charge is 2.39. The molecule has 0 spiro atoms. The molecule has 1 saturated carbocycles. The SMILES string of the molecule is CC(NC1(C(=O)O)CCCCCCC1)C(N)=O. The van der Waals surface area contributed by atoms with E-state index in [2.05, 4.69) is 5.32 Å². The standard InChI is InChI=1S/C12H22N2O3/c1-9(10(13)15)14-12(11(16)17)7-5-3-2-4-6-8-12/h9,14H,2-8H2,1H3,(H2,13,15)(H,16,17). The second-order valence-electron chi connectivity index (χ2n) is 4.92. The minimum atomic E-state index is -0.977. The number of amides is 1. The minimum Gasteiger partial charge on any atom is -0.480 e. The number of carboxylic acids is 1. The Morgan fingerprint density at radius 2 is 1.65 bits per heavy atom. The lowest BCUT2D eigenvalue weighted by Crippen LogP contribution is -2.58. The van der Waals surface area contributed by atoms with Crippen LogP contribution in [0.4, 0.5) is 0 Å². The quantitative estimate of drug-likeness (QED) is 0.686. The average molecular weight is 242 g/mol. The molecule has 1 amide bonds. The molecule has 0 aliphatic heterocycles. The van der Waals surface area contributed by atoms with Crippen LogP contribution in [0.15, 0.2) is 0 Å². The highest BCUT2D eigenvalue weighted by molar-refractivity contribution is 5.83. The predicted octanol–water partition coefficient (Wildman–Crippen LogP) is 1.02. The monoisotopic (exact) mass is 242 g/mol. The van der Waals surface area contributed by atoms with Gasteiger partial charge in [0.1, 0.15) is 5.54 Å². The zero-order chi connectivity index (χ0) is 12.9. The average Bonchev–Trinajstić information content (AvgIpc) is 2.21. The number of carboxylic acid groups (broad SMARTS) is 1. The van der Waals surface area contributed by atoms with Crippen LogP contribution in [0.25, 0.3) is 0 Å². The van der Waals surface area contributed by atoms with E-state index in [1.54, 1.807) is 6.92 Å². The van der Waals surface area contributed by atoms with Gasteiger partial charge in [0, 0.05) is 0 Å². The first-order valence-electron chi connectivity index (χ1n) is 6.28. The van der Waals surface area contributed by atoms with Crippen molar-refractivity contribution in [1.82, 2.24) is 5.32 Å². The molecule has 0 aromatic carbocycles. The summed E-state index contributed by atoms with van der Waals surface area (Å²) < 4.78 is 0. The molecule has 5 nitrogen and oxygen atoms in total. The lowest BCUT2D eigenvalue weighted by Gasteiger charge is -2.34. The summed E-state index contributed by atoms with van der Waals surface area (Å²) in [6, 6.07) is -0.606. The zero-order valence-electron chi connectivity index (χ0n) is 10.4. The van der Waals surface area contributed by atoms with Crippen molar-refractivity contribution in [3.05, 3.63) is 0 Å². The maximum absolute atomic E-state index is 11.5. The Morgan fingerprint density at radius 1 is 1.18 bits per heavy atom. The first-order valence-corrected chi connectivity index (χ1v) is 6.28. The molecule has 0 radical (unpaired) electrons. The molecular weight excluding hydrogens is 220 g/mol. The van der Waals surface area contributed by atoms with Crippen LogP contribution >= 0.6 is 0 Å². The Morgan fingerprint density at radius 3 is 2.06 bits per heavy atom. The van der Waals surface area contributed by atoms with Crippen LogP contribution in [-0.2, 0) is 9.59 Å². The summed E-state index contributed by atoms with van der Waals surface area (Å²) in [7, 11) is 0. The molecule has 0 bridgehead atoms. The van der Waals surface area contributed by atoms with Gasteiger partial charge in [-0.3, -0.25) is 14.9 Å². The van der Waals surface area contributed by atoms with E-state index >= 15 is 0 Å². The molecule has 1 unspecified atom stereocenters. The van der Waals surface area contributed by atoms with Gasteiger partial charge in [-0.25, -0.2) is 0 Å². The Balaban J connectivity index is 2.78. The van der Waals surface area contributed by atoms with E-state index in [0.29, 0.717) is 12.8 Å². The van der Waals surface area contributed by atoms with Gasteiger partial charge < -0.3 is 10.8 Å². The molecule has 0 aromatic heterocycles. The third-order valence-electron chi connectivity index (χ3n) is 3.54. The van der Waals surface area contributed by atoms with E-state index in [9.17, 15) is 14.7 Å². The Labute approximate surface area is 102 Å². The van der Waals surface area contributed by atoms with Crippen LogP contribution in [0.5, 0.6) is 0 Å². The van der Waals surface area contributed by atoms with Crippen molar-refractivity contribution in [2.45, 2.75) is 63.5 Å². The maximum Gasteiger partial charge on any atom is 0.323 e. The molecule has 5 heteroatoms. The topological polar surface area (TPSA) is 92.4 Å². The van der Waals surface area contributed by atoms with E-state index in [-0.39, 0.29) is 0 Å². The number of hydrogen-bond donors (Lipinski definition) is 3. The molecule has 0 heterocycles. The first kappa shape index (κ1) is 14.0. The number of rotatable bonds is 4. The van der Waals surface area contributed by atoms with Gasteiger partial charge in [-0.05, 0) is 19.8 Å². The highest BCUT2D eigenvalue weighted by Crippen LogP contribution is 2.27.